The van der Waals surface area contributed by atoms with Gasteiger partial charge in [0.25, 0.3) is 5.91 Å². The molecule has 0 unspecified atom stereocenters. The van der Waals surface area contributed by atoms with Crippen LogP contribution in [-0.4, -0.2) is 5.91 Å². The van der Waals surface area contributed by atoms with Crippen molar-refractivity contribution in [2.75, 3.05) is 5.32 Å². The lowest BCUT2D eigenvalue weighted by molar-refractivity contribution is -0.684. The van der Waals surface area contributed by atoms with Crippen LogP contribution in [-0.2, 0) is 11.3 Å². The number of nitrogens with one attached hydrogen (secondary N) is 1. The minimum atomic E-state index is -0.0556. The summed E-state index contributed by atoms with van der Waals surface area (Å²) in [5.74, 6) is -0.0556. The van der Waals surface area contributed by atoms with Crippen LogP contribution in [0.5, 0.6) is 0 Å². The molecule has 0 bridgehead atoms. The summed E-state index contributed by atoms with van der Waals surface area (Å²) in [6.07, 6.45) is 7.94. The molecule has 0 saturated heterocycles. The lowest BCUT2D eigenvalue weighted by Gasteiger charge is -2.03. The zero-order chi connectivity index (χ0) is 17.5. The fourth-order valence-electron chi connectivity index (χ4n) is 2.34. The fourth-order valence-corrected chi connectivity index (χ4v) is 2.61. The average Bonchev–Trinajstić information content (AvgIpc) is 2.64. The first-order valence-electron chi connectivity index (χ1n) is 7.97. The Balaban J connectivity index is 1.57. The third-order valence-corrected chi connectivity index (χ3v) is 4.17. The highest BCUT2D eigenvalue weighted by Gasteiger charge is 2.09. The Morgan fingerprint density at radius 1 is 0.880 bits per heavy atom. The van der Waals surface area contributed by atoms with E-state index in [4.69, 9.17) is 0 Å². The van der Waals surface area contributed by atoms with Gasteiger partial charge >= 0.3 is 0 Å². The summed E-state index contributed by atoms with van der Waals surface area (Å²) in [5.41, 5.74) is 3.04. The summed E-state index contributed by atoms with van der Waals surface area (Å²) < 4.78 is 2.84. The second-order valence-electron chi connectivity index (χ2n) is 5.60. The summed E-state index contributed by atoms with van der Waals surface area (Å²) in [5, 5.41) is 2.88. The molecule has 124 valence electrons. The first-order chi connectivity index (χ1) is 12.2. The largest absolute Gasteiger partial charge is 0.321 e. The Kier molecular flexibility index (Phi) is 5.75. The predicted octanol–water partition coefficient (Wildman–Crippen LogP) is 4.55. The SMILES string of the molecule is O=C(C[n+]1ccc(/C=C\c2ccccc2)cc1)Nc1ccc(Br)cc1. The molecule has 0 aliphatic heterocycles. The van der Waals surface area contributed by atoms with Gasteiger partial charge in [-0.3, -0.25) is 4.79 Å². The van der Waals surface area contributed by atoms with E-state index < -0.39 is 0 Å². The minimum Gasteiger partial charge on any atom is -0.321 e. The first kappa shape index (κ1) is 17.1. The number of nitrogens with zero attached hydrogens (tertiary/aromatic N) is 1. The quantitative estimate of drug-likeness (QED) is 0.633. The van der Waals surface area contributed by atoms with Crippen LogP contribution in [0.1, 0.15) is 11.1 Å². The Morgan fingerprint density at radius 2 is 1.48 bits per heavy atom. The van der Waals surface area contributed by atoms with Crippen LogP contribution in [0.25, 0.3) is 12.2 Å². The molecule has 0 aliphatic carbocycles. The molecule has 25 heavy (non-hydrogen) atoms. The highest BCUT2D eigenvalue weighted by atomic mass is 79.9. The number of carbonyl (C=O) groups is 1. The number of pyridine rings is 1. The molecule has 0 radical (unpaired) electrons. The summed E-state index contributed by atoms with van der Waals surface area (Å²) in [4.78, 5) is 12.1. The molecule has 1 N–H and O–H groups in total. The standard InChI is InChI=1S/C21H17BrN2O/c22-19-8-10-20(11-9-19)23-21(25)16-24-14-12-18(13-15-24)7-6-17-4-2-1-3-5-17/h1-15H,16H2/p+1/b7-6-. The minimum absolute atomic E-state index is 0.0556. The van der Waals surface area contributed by atoms with E-state index in [1.54, 1.807) is 0 Å². The van der Waals surface area contributed by atoms with Gasteiger partial charge in [-0.1, -0.05) is 58.4 Å². The second kappa shape index (κ2) is 8.40. The van der Waals surface area contributed by atoms with Gasteiger partial charge in [0, 0.05) is 22.3 Å². The number of amides is 1. The first-order valence-corrected chi connectivity index (χ1v) is 8.76. The van der Waals surface area contributed by atoms with Crippen LogP contribution >= 0.6 is 15.9 Å². The number of aromatic nitrogens is 1. The van der Waals surface area contributed by atoms with Crippen molar-refractivity contribution in [2.45, 2.75) is 6.54 Å². The van der Waals surface area contributed by atoms with E-state index in [1.807, 2.05) is 71.6 Å². The maximum atomic E-state index is 12.1. The monoisotopic (exact) mass is 393 g/mol. The summed E-state index contributed by atoms with van der Waals surface area (Å²) >= 11 is 3.38. The number of anilines is 1. The summed E-state index contributed by atoms with van der Waals surface area (Å²) in [6, 6.07) is 21.7. The zero-order valence-corrected chi connectivity index (χ0v) is 15.2. The van der Waals surface area contributed by atoms with Gasteiger partial charge in [-0.25, -0.2) is 0 Å². The van der Waals surface area contributed by atoms with E-state index in [2.05, 4.69) is 45.5 Å². The highest BCUT2D eigenvalue weighted by molar-refractivity contribution is 9.10. The fraction of sp³-hybridized carbons (Fsp3) is 0.0476. The lowest BCUT2D eigenvalue weighted by Crippen LogP contribution is -2.39. The van der Waals surface area contributed by atoms with E-state index >= 15 is 0 Å². The van der Waals surface area contributed by atoms with Crippen molar-refractivity contribution in [3.05, 3.63) is 94.7 Å². The second-order valence-corrected chi connectivity index (χ2v) is 6.52. The van der Waals surface area contributed by atoms with Crippen LogP contribution in [0.15, 0.2) is 83.6 Å². The van der Waals surface area contributed by atoms with Crippen LogP contribution < -0.4 is 9.88 Å². The maximum Gasteiger partial charge on any atom is 0.290 e. The Bertz CT molecular complexity index is 857. The highest BCUT2D eigenvalue weighted by Crippen LogP contribution is 2.13. The molecular weight excluding hydrogens is 376 g/mol. The van der Waals surface area contributed by atoms with Gasteiger partial charge in [0.1, 0.15) is 0 Å². The zero-order valence-electron chi connectivity index (χ0n) is 13.6. The molecule has 3 nitrogen and oxygen atoms in total. The Hall–Kier alpha value is -2.72. The molecule has 0 atom stereocenters. The van der Waals surface area contributed by atoms with Gasteiger partial charge in [-0.2, -0.15) is 4.57 Å². The third kappa shape index (κ3) is 5.40. The molecule has 4 heteroatoms. The number of hydrogen-bond acceptors (Lipinski definition) is 1. The number of carbonyl (C=O) groups excluding carboxylic acids is 1. The number of rotatable bonds is 5. The third-order valence-electron chi connectivity index (χ3n) is 3.64. The van der Waals surface area contributed by atoms with Crippen molar-refractivity contribution < 1.29 is 9.36 Å². The van der Waals surface area contributed by atoms with Gasteiger partial charge in [0.15, 0.2) is 12.4 Å². The van der Waals surface area contributed by atoms with Crippen molar-refractivity contribution >= 4 is 39.7 Å². The topological polar surface area (TPSA) is 33.0 Å². The number of halogens is 1. The van der Waals surface area contributed by atoms with Gasteiger partial charge in [-0.15, -0.1) is 0 Å². The van der Waals surface area contributed by atoms with Gasteiger partial charge in [-0.05, 0) is 35.4 Å². The maximum absolute atomic E-state index is 12.1. The van der Waals surface area contributed by atoms with Gasteiger partial charge in [0.05, 0.1) is 0 Å². The molecule has 0 aliphatic rings. The van der Waals surface area contributed by atoms with E-state index in [1.165, 1.54) is 0 Å². The Labute approximate surface area is 155 Å². The van der Waals surface area contributed by atoms with Crippen LogP contribution in [0.3, 0.4) is 0 Å². The molecule has 1 amide bonds. The lowest BCUT2D eigenvalue weighted by atomic mass is 10.1. The van der Waals surface area contributed by atoms with Crippen LogP contribution in [0.4, 0.5) is 5.69 Å². The Morgan fingerprint density at radius 3 is 2.12 bits per heavy atom. The van der Waals surface area contributed by atoms with Crippen LogP contribution in [0, 0.1) is 0 Å². The van der Waals surface area contributed by atoms with E-state index in [-0.39, 0.29) is 12.5 Å². The van der Waals surface area contributed by atoms with Crippen molar-refractivity contribution in [3.63, 3.8) is 0 Å². The van der Waals surface area contributed by atoms with Crippen LogP contribution in [0.2, 0.25) is 0 Å². The molecule has 3 rings (SSSR count). The van der Waals surface area contributed by atoms with Crippen molar-refractivity contribution in [2.24, 2.45) is 0 Å². The summed E-state index contributed by atoms with van der Waals surface area (Å²) in [6.45, 7) is 0.277. The molecule has 3 aromatic rings. The molecule has 1 aromatic heterocycles. The molecule has 0 spiro atoms. The molecule has 2 aromatic carbocycles. The van der Waals surface area contributed by atoms with Gasteiger partial charge in [0.2, 0.25) is 6.54 Å². The van der Waals surface area contributed by atoms with E-state index in [0.717, 1.165) is 21.3 Å². The number of hydrogen-bond donors (Lipinski definition) is 1. The van der Waals surface area contributed by atoms with Crippen molar-refractivity contribution in [1.29, 1.82) is 0 Å². The molecule has 0 fully saturated rings. The smallest absolute Gasteiger partial charge is 0.290 e. The number of benzene rings is 2. The molecule has 1 heterocycles. The molecule has 0 saturated carbocycles. The summed E-state index contributed by atoms with van der Waals surface area (Å²) in [7, 11) is 0. The van der Waals surface area contributed by atoms with Crippen molar-refractivity contribution in [1.82, 2.24) is 0 Å². The normalized spacial score (nSPS) is 10.8. The van der Waals surface area contributed by atoms with Gasteiger partial charge < -0.3 is 5.32 Å². The predicted molar refractivity (Wildman–Crippen MR) is 105 cm³/mol. The van der Waals surface area contributed by atoms with Crippen molar-refractivity contribution in [3.8, 4) is 0 Å². The molecular formula is C21H18BrN2O+. The average molecular weight is 394 g/mol. The van der Waals surface area contributed by atoms with E-state index in [0.29, 0.717) is 0 Å². The van der Waals surface area contributed by atoms with E-state index in [9.17, 15) is 4.79 Å².